The van der Waals surface area contributed by atoms with Crippen LogP contribution in [-0.2, 0) is 9.59 Å². The molecule has 6 N–H and O–H groups in total. The Bertz CT molecular complexity index is 1130. The van der Waals surface area contributed by atoms with E-state index >= 15 is 0 Å². The fraction of sp³-hybridized carbons (Fsp3) is 0.200. The van der Waals surface area contributed by atoms with E-state index in [0.29, 0.717) is 12.1 Å². The molecule has 0 unspecified atom stereocenters. The first-order valence-electron chi connectivity index (χ1n) is 9.31. The summed E-state index contributed by atoms with van der Waals surface area (Å²) in [4.78, 5) is 46.1. The van der Waals surface area contributed by atoms with Crippen molar-refractivity contribution in [3.63, 3.8) is 0 Å². The quantitative estimate of drug-likeness (QED) is 0.373. The number of rotatable bonds is 9. The molecule has 16 heteroatoms. The first-order valence-corrected chi connectivity index (χ1v) is 9.31. The highest BCUT2D eigenvalue weighted by Gasteiger charge is 2.84. The number of halogens is 8. The van der Waals surface area contributed by atoms with E-state index in [1.54, 1.807) is 0 Å². The Morgan fingerprint density at radius 3 is 1.11 bits per heavy atom. The third-order valence-corrected chi connectivity index (χ3v) is 4.63. The van der Waals surface area contributed by atoms with Gasteiger partial charge in [0.1, 0.15) is 0 Å². The Labute approximate surface area is 195 Å². The number of alkyl halides is 8. The van der Waals surface area contributed by atoms with Gasteiger partial charge in [-0.2, -0.15) is 35.1 Å². The Kier molecular flexibility index (Phi) is 7.33. The SMILES string of the molecule is NC(=O)c1ccccc1NC(=O)C(F)(F)C(F)(F)C(F)(F)C(F)(F)C(=O)Nc1ccccc1C(N)=O. The molecule has 0 fully saturated rings. The molecule has 2 aromatic rings. The normalized spacial score (nSPS) is 12.6. The van der Waals surface area contributed by atoms with E-state index in [-0.39, 0.29) is 0 Å². The highest BCUT2D eigenvalue weighted by Crippen LogP contribution is 2.53. The van der Waals surface area contributed by atoms with Crippen molar-refractivity contribution in [2.24, 2.45) is 11.5 Å². The fourth-order valence-corrected chi connectivity index (χ4v) is 2.70. The van der Waals surface area contributed by atoms with Crippen LogP contribution in [0.25, 0.3) is 0 Å². The second kappa shape index (κ2) is 9.43. The average Bonchev–Trinajstić information content (AvgIpc) is 2.78. The highest BCUT2D eigenvalue weighted by molar-refractivity contribution is 6.06. The number of hydrogen-bond acceptors (Lipinski definition) is 4. The number of nitrogens with two attached hydrogens (primary N) is 2. The van der Waals surface area contributed by atoms with Crippen molar-refractivity contribution in [3.05, 3.63) is 59.7 Å². The van der Waals surface area contributed by atoms with E-state index in [2.05, 4.69) is 0 Å². The Morgan fingerprint density at radius 2 is 0.833 bits per heavy atom. The lowest BCUT2D eigenvalue weighted by Gasteiger charge is -2.35. The van der Waals surface area contributed by atoms with E-state index in [4.69, 9.17) is 11.5 Å². The summed E-state index contributed by atoms with van der Waals surface area (Å²) >= 11 is 0. The summed E-state index contributed by atoms with van der Waals surface area (Å²) in [6.07, 6.45) is 0. The van der Waals surface area contributed by atoms with Crippen molar-refractivity contribution in [2.45, 2.75) is 23.7 Å². The van der Waals surface area contributed by atoms with Gasteiger partial charge in [-0.05, 0) is 24.3 Å². The van der Waals surface area contributed by atoms with Crippen LogP contribution >= 0.6 is 0 Å². The number of primary amides is 2. The van der Waals surface area contributed by atoms with Crippen LogP contribution in [0.1, 0.15) is 20.7 Å². The molecule has 2 rings (SSSR count). The van der Waals surface area contributed by atoms with Crippen LogP contribution in [0.3, 0.4) is 0 Å². The lowest BCUT2D eigenvalue weighted by Crippen LogP contribution is -2.67. The predicted octanol–water partition coefficient (Wildman–Crippen LogP) is 3.00. The third-order valence-electron chi connectivity index (χ3n) is 4.63. The fourth-order valence-electron chi connectivity index (χ4n) is 2.70. The molecule has 0 aliphatic rings. The van der Waals surface area contributed by atoms with Crippen LogP contribution in [0.2, 0.25) is 0 Å². The summed E-state index contributed by atoms with van der Waals surface area (Å²) in [6.45, 7) is 0. The van der Waals surface area contributed by atoms with Crippen LogP contribution < -0.4 is 22.1 Å². The summed E-state index contributed by atoms with van der Waals surface area (Å²) in [5.41, 5.74) is 6.61. The largest absolute Gasteiger partial charge is 0.393 e. The molecular weight excluding hydrogens is 512 g/mol. The molecule has 2 aromatic carbocycles. The summed E-state index contributed by atoms with van der Waals surface area (Å²) in [5.74, 6) is -36.6. The first-order chi connectivity index (χ1) is 16.4. The van der Waals surface area contributed by atoms with Crippen LogP contribution in [0, 0.1) is 0 Å². The standard InChI is InChI=1S/C20H14F8N4O4/c21-17(22,15(35)31-11-7-3-1-5-9(11)13(29)33)19(25,26)20(27,28)18(23,24)16(36)32-12-8-4-2-6-10(12)14(30)34/h1-8H,(H2,29,33)(H2,30,34)(H,31,35)(H,32,36). The lowest BCUT2D eigenvalue weighted by molar-refractivity contribution is -0.345. The number of amides is 4. The van der Waals surface area contributed by atoms with Gasteiger partial charge in [-0.3, -0.25) is 19.2 Å². The third kappa shape index (κ3) is 4.65. The van der Waals surface area contributed by atoms with Gasteiger partial charge in [0.2, 0.25) is 0 Å². The van der Waals surface area contributed by atoms with Crippen LogP contribution in [-0.4, -0.2) is 47.3 Å². The van der Waals surface area contributed by atoms with E-state index < -0.39 is 69.8 Å². The van der Waals surface area contributed by atoms with Gasteiger partial charge in [0.15, 0.2) is 0 Å². The van der Waals surface area contributed by atoms with Gasteiger partial charge in [0, 0.05) is 0 Å². The minimum absolute atomic E-state index is 0.699. The number of anilines is 2. The summed E-state index contributed by atoms with van der Waals surface area (Å²) in [5, 5.41) is 2.10. The summed E-state index contributed by atoms with van der Waals surface area (Å²) in [6, 6.07) is 7.38. The molecule has 0 spiro atoms. The molecule has 0 bridgehead atoms. The lowest BCUT2D eigenvalue weighted by atomic mass is 9.97. The monoisotopic (exact) mass is 526 g/mol. The number of carbonyl (C=O) groups excluding carboxylic acids is 4. The zero-order valence-corrected chi connectivity index (χ0v) is 17.4. The van der Waals surface area contributed by atoms with Crippen molar-refractivity contribution in [1.82, 2.24) is 0 Å². The Balaban J connectivity index is 2.41. The highest BCUT2D eigenvalue weighted by atomic mass is 19.4. The molecule has 36 heavy (non-hydrogen) atoms. The number of hydrogen-bond donors (Lipinski definition) is 4. The molecule has 194 valence electrons. The molecule has 0 atom stereocenters. The molecule has 0 aliphatic heterocycles. The number of para-hydroxylation sites is 2. The molecule has 0 heterocycles. The smallest absolute Gasteiger partial charge is 0.366 e. The van der Waals surface area contributed by atoms with Gasteiger partial charge in [-0.15, -0.1) is 0 Å². The molecule has 4 amide bonds. The molecule has 0 aliphatic carbocycles. The van der Waals surface area contributed by atoms with Gasteiger partial charge >= 0.3 is 35.5 Å². The van der Waals surface area contributed by atoms with E-state index in [1.165, 1.54) is 0 Å². The van der Waals surface area contributed by atoms with Crippen molar-refractivity contribution in [2.75, 3.05) is 10.6 Å². The molecular formula is C20H14F8N4O4. The van der Waals surface area contributed by atoms with Gasteiger partial charge in [0.05, 0.1) is 22.5 Å². The molecule has 0 radical (unpaired) electrons. The van der Waals surface area contributed by atoms with Crippen LogP contribution in [0.4, 0.5) is 46.5 Å². The van der Waals surface area contributed by atoms with E-state index in [0.717, 1.165) is 47.0 Å². The van der Waals surface area contributed by atoms with Crippen LogP contribution in [0.5, 0.6) is 0 Å². The van der Waals surface area contributed by atoms with Crippen LogP contribution in [0.15, 0.2) is 48.5 Å². The maximum Gasteiger partial charge on any atom is 0.393 e. The first kappa shape index (κ1) is 28.0. The topological polar surface area (TPSA) is 144 Å². The molecule has 0 aromatic heterocycles. The zero-order valence-electron chi connectivity index (χ0n) is 17.4. The summed E-state index contributed by atoms with van der Waals surface area (Å²) in [7, 11) is 0. The van der Waals surface area contributed by atoms with E-state index in [1.807, 2.05) is 0 Å². The maximum absolute atomic E-state index is 14.2. The van der Waals surface area contributed by atoms with Crippen molar-refractivity contribution >= 4 is 35.0 Å². The second-order valence-corrected chi connectivity index (χ2v) is 7.03. The second-order valence-electron chi connectivity index (χ2n) is 7.03. The minimum Gasteiger partial charge on any atom is -0.366 e. The number of nitrogens with one attached hydrogen (secondary N) is 2. The van der Waals surface area contributed by atoms with Gasteiger partial charge in [-0.1, -0.05) is 24.3 Å². The number of carbonyl (C=O) groups is 4. The summed E-state index contributed by atoms with van der Waals surface area (Å²) < 4.78 is 114. The van der Waals surface area contributed by atoms with E-state index in [9.17, 15) is 54.3 Å². The van der Waals surface area contributed by atoms with Gasteiger partial charge in [0.25, 0.3) is 11.8 Å². The van der Waals surface area contributed by atoms with Gasteiger partial charge < -0.3 is 22.1 Å². The molecule has 0 saturated heterocycles. The average molecular weight is 526 g/mol. The maximum atomic E-state index is 14.2. The molecule has 0 saturated carbocycles. The van der Waals surface area contributed by atoms with Crippen molar-refractivity contribution < 1.29 is 54.3 Å². The van der Waals surface area contributed by atoms with Crippen molar-refractivity contribution in [3.8, 4) is 0 Å². The Morgan fingerprint density at radius 1 is 0.556 bits per heavy atom. The van der Waals surface area contributed by atoms with Crippen molar-refractivity contribution in [1.29, 1.82) is 0 Å². The molecule has 8 nitrogen and oxygen atoms in total. The zero-order chi connectivity index (χ0) is 27.7. The predicted molar refractivity (Wildman–Crippen MR) is 107 cm³/mol. The Hall–Kier alpha value is -4.24. The number of benzene rings is 2. The van der Waals surface area contributed by atoms with Gasteiger partial charge in [-0.25, -0.2) is 0 Å². The minimum atomic E-state index is -7.17.